The highest BCUT2D eigenvalue weighted by Crippen LogP contribution is 2.21. The van der Waals surface area contributed by atoms with Gasteiger partial charge >= 0.3 is 0 Å². The fourth-order valence-corrected chi connectivity index (χ4v) is 3.39. The molecule has 0 aromatic heterocycles. The molecular weight excluding hydrogens is 344 g/mol. The summed E-state index contributed by atoms with van der Waals surface area (Å²) in [7, 11) is 1.71. The lowest BCUT2D eigenvalue weighted by Crippen LogP contribution is -2.50. The minimum absolute atomic E-state index is 0.0145. The summed E-state index contributed by atoms with van der Waals surface area (Å²) in [6, 6.07) is 4.07. The van der Waals surface area contributed by atoms with E-state index in [1.54, 1.807) is 7.11 Å². The van der Waals surface area contributed by atoms with Gasteiger partial charge in [0.05, 0.1) is 19.7 Å². The van der Waals surface area contributed by atoms with Crippen molar-refractivity contribution >= 4 is 17.5 Å². The fourth-order valence-electron chi connectivity index (χ4n) is 3.39. The van der Waals surface area contributed by atoms with Crippen molar-refractivity contribution in [1.82, 2.24) is 15.1 Å². The van der Waals surface area contributed by atoms with Crippen LogP contribution >= 0.6 is 0 Å². The van der Waals surface area contributed by atoms with Crippen molar-refractivity contribution < 1.29 is 14.3 Å². The number of aryl methyl sites for hydroxylation is 3. The van der Waals surface area contributed by atoms with Gasteiger partial charge in [0.25, 0.3) is 0 Å². The Hall–Kier alpha value is -1.96. The van der Waals surface area contributed by atoms with Gasteiger partial charge in [-0.05, 0) is 31.9 Å². The monoisotopic (exact) mass is 376 g/mol. The van der Waals surface area contributed by atoms with Gasteiger partial charge in [-0.1, -0.05) is 17.7 Å². The highest BCUT2D eigenvalue weighted by atomic mass is 16.5. The molecule has 1 fully saturated rings. The molecule has 7 nitrogen and oxygen atoms in total. The molecule has 2 amide bonds. The molecule has 0 atom stereocenters. The van der Waals surface area contributed by atoms with E-state index < -0.39 is 0 Å². The first-order chi connectivity index (χ1) is 12.9. The first kappa shape index (κ1) is 21.3. The predicted octanol–water partition coefficient (Wildman–Crippen LogP) is 0.931. The largest absolute Gasteiger partial charge is 0.383 e. The van der Waals surface area contributed by atoms with Crippen molar-refractivity contribution in [2.75, 3.05) is 64.8 Å². The number of piperazine rings is 1. The maximum absolute atomic E-state index is 12.2. The maximum Gasteiger partial charge on any atom is 0.243 e. The van der Waals surface area contributed by atoms with Crippen LogP contribution in [0.2, 0.25) is 0 Å². The van der Waals surface area contributed by atoms with E-state index in [0.717, 1.165) is 56.1 Å². The zero-order valence-electron chi connectivity index (χ0n) is 16.9. The molecule has 0 unspecified atom stereocenters. The third kappa shape index (κ3) is 6.93. The summed E-state index contributed by atoms with van der Waals surface area (Å²) < 4.78 is 5.10. The number of benzene rings is 1. The summed E-state index contributed by atoms with van der Waals surface area (Å²) in [5.41, 5.74) is 4.04. The van der Waals surface area contributed by atoms with E-state index >= 15 is 0 Å². The van der Waals surface area contributed by atoms with Crippen molar-refractivity contribution in [3.8, 4) is 0 Å². The van der Waals surface area contributed by atoms with Crippen LogP contribution < -0.4 is 10.6 Å². The SMILES string of the molecule is COCCN1CCN(CC(=O)NCC(=O)Nc2c(C)cc(C)cc2C)CC1. The van der Waals surface area contributed by atoms with E-state index in [1.807, 2.05) is 32.9 Å². The Bertz CT molecular complexity index is 632. The molecule has 1 saturated heterocycles. The van der Waals surface area contributed by atoms with Gasteiger partial charge in [0.15, 0.2) is 0 Å². The van der Waals surface area contributed by atoms with Gasteiger partial charge in [0.2, 0.25) is 11.8 Å². The molecule has 2 rings (SSSR count). The summed E-state index contributed by atoms with van der Waals surface area (Å²) >= 11 is 0. The predicted molar refractivity (Wildman–Crippen MR) is 107 cm³/mol. The standard InChI is InChI=1S/C20H32N4O3/c1-15-11-16(2)20(17(3)12-15)22-18(25)13-21-19(26)14-24-7-5-23(6-8-24)9-10-27-4/h11-12H,5-10,13-14H2,1-4H3,(H,21,26)(H,22,25). The van der Waals surface area contributed by atoms with Crippen molar-refractivity contribution in [2.24, 2.45) is 0 Å². The molecule has 0 aliphatic carbocycles. The van der Waals surface area contributed by atoms with E-state index in [1.165, 1.54) is 5.56 Å². The Morgan fingerprint density at radius 2 is 1.59 bits per heavy atom. The van der Waals surface area contributed by atoms with Crippen molar-refractivity contribution in [3.63, 3.8) is 0 Å². The van der Waals surface area contributed by atoms with E-state index in [4.69, 9.17) is 4.74 Å². The number of carbonyl (C=O) groups excluding carboxylic acids is 2. The lowest BCUT2D eigenvalue weighted by atomic mass is 10.1. The molecule has 1 aromatic carbocycles. The smallest absolute Gasteiger partial charge is 0.243 e. The quantitative estimate of drug-likeness (QED) is 0.706. The molecule has 0 saturated carbocycles. The molecule has 1 aliphatic rings. The Kier molecular flexibility index (Phi) is 8.22. The van der Waals surface area contributed by atoms with Gasteiger partial charge < -0.3 is 15.4 Å². The van der Waals surface area contributed by atoms with Crippen LogP contribution in [0.4, 0.5) is 5.69 Å². The van der Waals surface area contributed by atoms with Gasteiger partial charge in [-0.2, -0.15) is 0 Å². The van der Waals surface area contributed by atoms with Crippen LogP contribution in [0.3, 0.4) is 0 Å². The third-order valence-corrected chi connectivity index (χ3v) is 4.83. The fraction of sp³-hybridized carbons (Fsp3) is 0.600. The van der Waals surface area contributed by atoms with Crippen LogP contribution in [0.15, 0.2) is 12.1 Å². The number of ether oxygens (including phenoxy) is 1. The van der Waals surface area contributed by atoms with Crippen molar-refractivity contribution in [3.05, 3.63) is 28.8 Å². The van der Waals surface area contributed by atoms with E-state index in [2.05, 4.69) is 20.4 Å². The molecule has 1 heterocycles. The molecule has 27 heavy (non-hydrogen) atoms. The molecule has 1 aromatic rings. The number of amides is 2. The van der Waals surface area contributed by atoms with Gasteiger partial charge in [-0.25, -0.2) is 0 Å². The Morgan fingerprint density at radius 1 is 1.00 bits per heavy atom. The van der Waals surface area contributed by atoms with Gasteiger partial charge in [0, 0.05) is 45.5 Å². The second kappa shape index (κ2) is 10.4. The number of nitrogens with zero attached hydrogens (tertiary/aromatic N) is 2. The van der Waals surface area contributed by atoms with Crippen LogP contribution in [0.25, 0.3) is 0 Å². The Labute approximate surface area is 162 Å². The summed E-state index contributed by atoms with van der Waals surface area (Å²) in [6.07, 6.45) is 0. The van der Waals surface area contributed by atoms with Gasteiger partial charge in [-0.15, -0.1) is 0 Å². The van der Waals surface area contributed by atoms with Crippen LogP contribution in [-0.4, -0.2) is 81.1 Å². The number of rotatable bonds is 8. The molecule has 150 valence electrons. The van der Waals surface area contributed by atoms with Crippen molar-refractivity contribution in [2.45, 2.75) is 20.8 Å². The summed E-state index contributed by atoms with van der Waals surface area (Å²) in [5.74, 6) is -0.323. The number of hydrogen-bond donors (Lipinski definition) is 2. The zero-order valence-corrected chi connectivity index (χ0v) is 16.9. The normalized spacial score (nSPS) is 15.6. The zero-order chi connectivity index (χ0) is 19.8. The molecule has 2 N–H and O–H groups in total. The van der Waals surface area contributed by atoms with Gasteiger partial charge in [-0.3, -0.25) is 19.4 Å². The second-order valence-corrected chi connectivity index (χ2v) is 7.21. The van der Waals surface area contributed by atoms with E-state index in [0.29, 0.717) is 6.54 Å². The van der Waals surface area contributed by atoms with E-state index in [9.17, 15) is 9.59 Å². The average molecular weight is 377 g/mol. The maximum atomic E-state index is 12.2. The molecule has 0 bridgehead atoms. The highest BCUT2D eigenvalue weighted by Gasteiger charge is 2.19. The summed E-state index contributed by atoms with van der Waals surface area (Å²) in [5, 5.41) is 5.62. The summed E-state index contributed by atoms with van der Waals surface area (Å²) in [6.45, 7) is 11.5. The number of methoxy groups -OCH3 is 1. The Morgan fingerprint density at radius 3 is 2.19 bits per heavy atom. The molecule has 1 aliphatic heterocycles. The molecule has 7 heteroatoms. The van der Waals surface area contributed by atoms with Crippen molar-refractivity contribution in [1.29, 1.82) is 0 Å². The molecule has 0 spiro atoms. The minimum Gasteiger partial charge on any atom is -0.383 e. The van der Waals surface area contributed by atoms with Crippen LogP contribution in [0.5, 0.6) is 0 Å². The van der Waals surface area contributed by atoms with Crippen LogP contribution in [-0.2, 0) is 14.3 Å². The number of hydrogen-bond acceptors (Lipinski definition) is 5. The molecular formula is C20H32N4O3. The number of carbonyl (C=O) groups is 2. The topological polar surface area (TPSA) is 73.9 Å². The first-order valence-electron chi connectivity index (χ1n) is 9.47. The number of nitrogens with one attached hydrogen (secondary N) is 2. The first-order valence-corrected chi connectivity index (χ1v) is 9.47. The lowest BCUT2D eigenvalue weighted by Gasteiger charge is -2.34. The van der Waals surface area contributed by atoms with Crippen LogP contribution in [0, 0.1) is 20.8 Å². The van der Waals surface area contributed by atoms with E-state index in [-0.39, 0.29) is 18.4 Å². The Balaban J connectivity index is 1.71. The third-order valence-electron chi connectivity index (χ3n) is 4.83. The second-order valence-electron chi connectivity index (χ2n) is 7.21. The minimum atomic E-state index is -0.206. The number of anilines is 1. The lowest BCUT2D eigenvalue weighted by molar-refractivity contribution is -0.125. The van der Waals surface area contributed by atoms with Gasteiger partial charge in [0.1, 0.15) is 0 Å². The highest BCUT2D eigenvalue weighted by molar-refractivity contribution is 5.96. The summed E-state index contributed by atoms with van der Waals surface area (Å²) in [4.78, 5) is 28.8. The molecule has 0 radical (unpaired) electrons. The van der Waals surface area contributed by atoms with Crippen LogP contribution in [0.1, 0.15) is 16.7 Å². The average Bonchev–Trinajstić information content (AvgIpc) is 2.62.